The van der Waals surface area contributed by atoms with Gasteiger partial charge in [-0.15, -0.1) is 12.4 Å². The summed E-state index contributed by atoms with van der Waals surface area (Å²) < 4.78 is 18.3. The van der Waals surface area contributed by atoms with Crippen LogP contribution in [0.15, 0.2) is 60.9 Å². The van der Waals surface area contributed by atoms with E-state index < -0.39 is 5.97 Å². The first kappa shape index (κ1) is 23.9. The number of methoxy groups -OCH3 is 1. The molecule has 2 heterocycles. The fraction of sp³-hybridized carbons (Fsp3) is 0.200. The lowest BCUT2D eigenvalue weighted by molar-refractivity contribution is 0.0525. The van der Waals surface area contributed by atoms with Crippen molar-refractivity contribution in [3.05, 3.63) is 72.2 Å². The van der Waals surface area contributed by atoms with E-state index >= 15 is 0 Å². The molecule has 4 rings (SSSR count). The van der Waals surface area contributed by atoms with Crippen molar-refractivity contribution in [2.45, 2.75) is 13.5 Å². The average Bonchev–Trinajstić information content (AvgIpc) is 3.08. The van der Waals surface area contributed by atoms with Crippen molar-refractivity contribution >= 4 is 29.3 Å². The van der Waals surface area contributed by atoms with E-state index in [0.717, 1.165) is 16.8 Å². The first-order valence-corrected chi connectivity index (χ1v) is 10.2. The Morgan fingerprint density at radius 3 is 2.48 bits per heavy atom. The number of aryl methyl sites for hydroxylation is 1. The molecule has 0 atom stereocenters. The average molecular weight is 469 g/mol. The van der Waals surface area contributed by atoms with Crippen molar-refractivity contribution in [1.82, 2.24) is 9.55 Å². The summed E-state index contributed by atoms with van der Waals surface area (Å²) >= 11 is 0. The van der Waals surface area contributed by atoms with E-state index in [1.54, 1.807) is 56.8 Å². The summed E-state index contributed by atoms with van der Waals surface area (Å²) in [7, 11) is 3.47. The smallest absolute Gasteiger partial charge is 0.340 e. The fourth-order valence-electron chi connectivity index (χ4n) is 3.70. The van der Waals surface area contributed by atoms with Crippen LogP contribution < -0.4 is 9.47 Å². The number of rotatable bonds is 7. The number of hydrogen-bond acceptors (Lipinski definition) is 6. The lowest BCUT2D eigenvalue weighted by Crippen LogP contribution is -2.11. The molecule has 33 heavy (non-hydrogen) atoms. The first-order chi connectivity index (χ1) is 15.5. The summed E-state index contributed by atoms with van der Waals surface area (Å²) in [6.45, 7) is 2.15. The summed E-state index contributed by atoms with van der Waals surface area (Å²) in [5, 5.41) is 11.3. The number of aromatic hydroxyl groups is 1. The van der Waals surface area contributed by atoms with E-state index in [2.05, 4.69) is 4.98 Å². The Hall–Kier alpha value is -3.71. The van der Waals surface area contributed by atoms with Crippen LogP contribution in [0.5, 0.6) is 17.2 Å². The SMILES string of the molecule is CCOC(=O)c1c(COc2ccc(OC)cc2)n(C)c2cc(-c3cccnc3)c(O)cc12.Cl. The van der Waals surface area contributed by atoms with Crippen LogP contribution in [-0.2, 0) is 18.4 Å². The van der Waals surface area contributed by atoms with E-state index in [1.807, 2.05) is 29.8 Å². The predicted molar refractivity (Wildman–Crippen MR) is 128 cm³/mol. The van der Waals surface area contributed by atoms with Crippen molar-refractivity contribution in [2.24, 2.45) is 7.05 Å². The van der Waals surface area contributed by atoms with Gasteiger partial charge in [0, 0.05) is 41.5 Å². The third-order valence-electron chi connectivity index (χ3n) is 5.33. The molecule has 0 aliphatic carbocycles. The van der Waals surface area contributed by atoms with Crippen LogP contribution in [0.2, 0.25) is 0 Å². The summed E-state index contributed by atoms with van der Waals surface area (Å²) in [5.41, 5.74) is 3.21. The van der Waals surface area contributed by atoms with Gasteiger partial charge in [0.1, 0.15) is 23.9 Å². The monoisotopic (exact) mass is 468 g/mol. The highest BCUT2D eigenvalue weighted by atomic mass is 35.5. The molecule has 0 saturated carbocycles. The second-order valence-electron chi connectivity index (χ2n) is 7.19. The molecule has 4 aromatic rings. The van der Waals surface area contributed by atoms with Crippen molar-refractivity contribution in [2.75, 3.05) is 13.7 Å². The number of carbonyl (C=O) groups is 1. The molecule has 172 valence electrons. The zero-order valence-corrected chi connectivity index (χ0v) is 19.4. The van der Waals surface area contributed by atoms with Gasteiger partial charge in [-0.1, -0.05) is 6.07 Å². The van der Waals surface area contributed by atoms with Gasteiger partial charge < -0.3 is 23.9 Å². The molecule has 0 unspecified atom stereocenters. The molecule has 2 aromatic carbocycles. The zero-order valence-electron chi connectivity index (χ0n) is 18.6. The van der Waals surface area contributed by atoms with Gasteiger partial charge in [0.15, 0.2) is 0 Å². The maximum atomic E-state index is 12.9. The molecule has 1 N–H and O–H groups in total. The Balaban J connectivity index is 0.00000306. The van der Waals surface area contributed by atoms with Gasteiger partial charge in [-0.25, -0.2) is 4.79 Å². The van der Waals surface area contributed by atoms with Crippen LogP contribution in [-0.4, -0.2) is 34.3 Å². The van der Waals surface area contributed by atoms with Crippen molar-refractivity contribution < 1.29 is 24.1 Å². The number of phenolic OH excluding ortho intramolecular Hbond substituents is 1. The highest BCUT2D eigenvalue weighted by Crippen LogP contribution is 2.37. The Bertz CT molecular complexity index is 1250. The predicted octanol–water partition coefficient (Wildman–Crippen LogP) is 5.13. The number of esters is 1. The number of ether oxygens (including phenoxy) is 3. The van der Waals surface area contributed by atoms with Gasteiger partial charge in [0.25, 0.3) is 0 Å². The quantitative estimate of drug-likeness (QED) is 0.378. The number of phenols is 1. The lowest BCUT2D eigenvalue weighted by atomic mass is 10.0. The maximum Gasteiger partial charge on any atom is 0.340 e. The molecule has 0 bridgehead atoms. The molecular weight excluding hydrogens is 444 g/mol. The number of hydrogen-bond donors (Lipinski definition) is 1. The topological polar surface area (TPSA) is 82.8 Å². The van der Waals surface area contributed by atoms with Crippen LogP contribution in [0.4, 0.5) is 0 Å². The molecule has 2 aromatic heterocycles. The molecule has 0 amide bonds. The van der Waals surface area contributed by atoms with E-state index in [4.69, 9.17) is 14.2 Å². The van der Waals surface area contributed by atoms with Crippen molar-refractivity contribution in [1.29, 1.82) is 0 Å². The third-order valence-corrected chi connectivity index (χ3v) is 5.33. The van der Waals surface area contributed by atoms with E-state index in [9.17, 15) is 9.90 Å². The van der Waals surface area contributed by atoms with Gasteiger partial charge >= 0.3 is 5.97 Å². The number of carbonyl (C=O) groups excluding carboxylic acids is 1. The van der Waals surface area contributed by atoms with Gasteiger partial charge in [0.2, 0.25) is 0 Å². The Morgan fingerprint density at radius 2 is 1.85 bits per heavy atom. The molecular formula is C25H25ClN2O5. The Morgan fingerprint density at radius 1 is 1.12 bits per heavy atom. The van der Waals surface area contributed by atoms with Crippen molar-refractivity contribution in [3.8, 4) is 28.4 Å². The minimum Gasteiger partial charge on any atom is -0.507 e. The summed E-state index contributed by atoms with van der Waals surface area (Å²) in [6, 6.07) is 14.3. The number of aromatic nitrogens is 2. The maximum absolute atomic E-state index is 12.9. The molecule has 0 radical (unpaired) electrons. The first-order valence-electron chi connectivity index (χ1n) is 10.2. The molecule has 0 spiro atoms. The third kappa shape index (κ3) is 4.73. The summed E-state index contributed by atoms with van der Waals surface area (Å²) in [4.78, 5) is 17.0. The Labute approximate surface area is 198 Å². The van der Waals surface area contributed by atoms with Gasteiger partial charge in [-0.05, 0) is 49.4 Å². The lowest BCUT2D eigenvalue weighted by Gasteiger charge is -2.10. The van der Waals surface area contributed by atoms with Crippen molar-refractivity contribution in [3.63, 3.8) is 0 Å². The number of fused-ring (bicyclic) bond motifs is 1. The van der Waals surface area contributed by atoms with E-state index in [-0.39, 0.29) is 31.4 Å². The number of halogens is 1. The van der Waals surface area contributed by atoms with Gasteiger partial charge in [0.05, 0.1) is 25.0 Å². The van der Waals surface area contributed by atoms with Gasteiger partial charge in [-0.2, -0.15) is 0 Å². The van der Waals surface area contributed by atoms with Crippen LogP contribution in [0, 0.1) is 0 Å². The molecule has 0 aliphatic heterocycles. The summed E-state index contributed by atoms with van der Waals surface area (Å²) in [6.07, 6.45) is 3.36. The standard InChI is InChI=1S/C25H24N2O5.ClH/c1-4-31-25(29)24-20-13-23(28)19(16-6-5-11-26-14-16)12-21(20)27(2)22(24)15-32-18-9-7-17(30-3)8-10-18;/h5-14,28H,4,15H2,1-3H3;1H. The summed E-state index contributed by atoms with van der Waals surface area (Å²) in [5.74, 6) is 0.974. The molecule has 7 nitrogen and oxygen atoms in total. The molecule has 0 aliphatic rings. The second kappa shape index (κ2) is 10.3. The normalized spacial score (nSPS) is 10.5. The van der Waals surface area contributed by atoms with Gasteiger partial charge in [-0.3, -0.25) is 4.98 Å². The highest BCUT2D eigenvalue weighted by molar-refractivity contribution is 6.07. The Kier molecular flexibility index (Phi) is 7.45. The minimum atomic E-state index is -0.458. The molecule has 0 saturated heterocycles. The number of nitrogens with zero attached hydrogens (tertiary/aromatic N) is 2. The van der Waals surface area contributed by atoms with Crippen LogP contribution in [0.25, 0.3) is 22.0 Å². The zero-order chi connectivity index (χ0) is 22.7. The molecule has 8 heteroatoms. The highest BCUT2D eigenvalue weighted by Gasteiger charge is 2.24. The van der Waals surface area contributed by atoms with Crippen LogP contribution in [0.3, 0.4) is 0 Å². The minimum absolute atomic E-state index is 0. The fourth-order valence-corrected chi connectivity index (χ4v) is 3.70. The molecule has 0 fully saturated rings. The van der Waals surface area contributed by atoms with E-state index in [1.165, 1.54) is 0 Å². The second-order valence-corrected chi connectivity index (χ2v) is 7.19. The number of pyridine rings is 1. The van der Waals surface area contributed by atoms with Crippen LogP contribution in [0.1, 0.15) is 23.0 Å². The van der Waals surface area contributed by atoms with E-state index in [0.29, 0.717) is 28.0 Å². The largest absolute Gasteiger partial charge is 0.507 e. The van der Waals surface area contributed by atoms with Crippen LogP contribution >= 0.6 is 12.4 Å². The number of benzene rings is 2.